The molecule has 1 aromatic carbocycles. The molecule has 5 heteroatoms. The number of benzene rings is 1. The van der Waals surface area contributed by atoms with E-state index in [9.17, 15) is 0 Å². The Morgan fingerprint density at radius 3 is 2.92 bits per heavy atom. The van der Waals surface area contributed by atoms with Crippen LogP contribution in [-0.2, 0) is 6.54 Å². The molecule has 0 radical (unpaired) electrons. The van der Waals surface area contributed by atoms with Crippen molar-refractivity contribution in [1.82, 2.24) is 15.4 Å². The van der Waals surface area contributed by atoms with E-state index >= 15 is 0 Å². The van der Waals surface area contributed by atoms with E-state index in [1.54, 1.807) is 0 Å². The summed E-state index contributed by atoms with van der Waals surface area (Å²) in [5, 5.41) is 8.71. The van der Waals surface area contributed by atoms with Crippen molar-refractivity contribution in [3.8, 4) is 11.3 Å². The molecule has 1 saturated heterocycles. The van der Waals surface area contributed by atoms with Gasteiger partial charge in [0.15, 0.2) is 0 Å². The fourth-order valence-electron chi connectivity index (χ4n) is 3.65. The Balaban J connectivity index is 1.72. The predicted octanol–water partition coefficient (Wildman–Crippen LogP) is 3.97. The van der Waals surface area contributed by atoms with Crippen LogP contribution in [-0.4, -0.2) is 35.7 Å². The highest BCUT2D eigenvalue weighted by atomic mass is 35.5. The van der Waals surface area contributed by atoms with Gasteiger partial charge in [0.1, 0.15) is 11.5 Å². The van der Waals surface area contributed by atoms with Gasteiger partial charge in [0, 0.05) is 49.3 Å². The van der Waals surface area contributed by atoms with Gasteiger partial charge in [-0.25, -0.2) is 0 Å². The maximum absolute atomic E-state index is 6.50. The monoisotopic (exact) mass is 345 g/mol. The van der Waals surface area contributed by atoms with Crippen molar-refractivity contribution >= 4 is 11.6 Å². The number of rotatable bonds is 4. The molecule has 2 fully saturated rings. The lowest BCUT2D eigenvalue weighted by Gasteiger charge is -2.31. The van der Waals surface area contributed by atoms with Crippen LogP contribution >= 0.6 is 11.6 Å². The minimum Gasteiger partial charge on any atom is -0.360 e. The van der Waals surface area contributed by atoms with Crippen molar-refractivity contribution in [2.75, 3.05) is 19.6 Å². The van der Waals surface area contributed by atoms with Crippen molar-refractivity contribution < 1.29 is 4.52 Å². The summed E-state index contributed by atoms with van der Waals surface area (Å²) in [5.74, 6) is 1.62. The highest BCUT2D eigenvalue weighted by molar-refractivity contribution is 6.33. The Hall–Kier alpha value is -1.36. The third-order valence-electron chi connectivity index (χ3n) is 5.06. The van der Waals surface area contributed by atoms with Crippen LogP contribution in [0.1, 0.15) is 42.6 Å². The van der Waals surface area contributed by atoms with E-state index in [2.05, 4.69) is 35.3 Å². The molecular formula is C19H24ClN3O. The average molecular weight is 346 g/mol. The molecule has 1 atom stereocenters. The first-order valence-corrected chi connectivity index (χ1v) is 9.21. The van der Waals surface area contributed by atoms with Gasteiger partial charge in [-0.1, -0.05) is 28.9 Å². The fraction of sp³-hybridized carbons (Fsp3) is 0.526. The first kappa shape index (κ1) is 16.1. The lowest BCUT2D eigenvalue weighted by molar-refractivity contribution is 0.198. The second-order valence-electron chi connectivity index (χ2n) is 7.17. The summed E-state index contributed by atoms with van der Waals surface area (Å²) in [7, 11) is 0. The third-order valence-corrected chi connectivity index (χ3v) is 5.38. The zero-order valence-electron chi connectivity index (χ0n) is 14.3. The standard InChI is InChI=1S/C19H24ClN3O/c1-12-4-3-5-16(20)17(12)18-15(19(24-22-18)14-6-7-14)11-23-9-8-21-13(2)10-23/h3-5,13-14,21H,6-11H2,1-2H3/t13-/m1/s1. The second kappa shape index (κ2) is 6.51. The summed E-state index contributed by atoms with van der Waals surface area (Å²) in [6, 6.07) is 6.53. The van der Waals surface area contributed by atoms with Gasteiger partial charge in [-0.2, -0.15) is 0 Å². The molecule has 2 heterocycles. The van der Waals surface area contributed by atoms with Crippen LogP contribution in [0.2, 0.25) is 5.02 Å². The SMILES string of the molecule is Cc1cccc(Cl)c1-c1noc(C2CC2)c1CN1CCN[C@H](C)C1. The molecule has 1 aromatic heterocycles. The lowest BCUT2D eigenvalue weighted by atomic mass is 9.99. The number of hydrogen-bond acceptors (Lipinski definition) is 4. The highest BCUT2D eigenvalue weighted by Crippen LogP contribution is 2.45. The molecule has 4 rings (SSSR count). The summed E-state index contributed by atoms with van der Waals surface area (Å²) in [4.78, 5) is 2.50. The summed E-state index contributed by atoms with van der Waals surface area (Å²) >= 11 is 6.50. The first-order chi connectivity index (χ1) is 11.6. The molecule has 1 saturated carbocycles. The minimum absolute atomic E-state index is 0.522. The Labute approximate surface area is 148 Å². The van der Waals surface area contributed by atoms with Crippen molar-refractivity contribution in [2.45, 2.75) is 45.2 Å². The van der Waals surface area contributed by atoms with Crippen molar-refractivity contribution in [2.24, 2.45) is 0 Å². The van der Waals surface area contributed by atoms with Crippen LogP contribution in [0.25, 0.3) is 11.3 Å². The number of nitrogens with one attached hydrogen (secondary N) is 1. The summed E-state index contributed by atoms with van der Waals surface area (Å²) in [6.45, 7) is 8.36. The van der Waals surface area contributed by atoms with Gasteiger partial charge in [-0.05, 0) is 38.3 Å². The van der Waals surface area contributed by atoms with E-state index in [0.29, 0.717) is 12.0 Å². The number of hydrogen-bond donors (Lipinski definition) is 1. The number of nitrogens with zero attached hydrogens (tertiary/aromatic N) is 2. The Kier molecular flexibility index (Phi) is 4.37. The zero-order valence-corrected chi connectivity index (χ0v) is 15.1. The Bertz CT molecular complexity index is 718. The second-order valence-corrected chi connectivity index (χ2v) is 7.58. The summed E-state index contributed by atoms with van der Waals surface area (Å²) in [5.41, 5.74) is 4.34. The van der Waals surface area contributed by atoms with Gasteiger partial charge in [0.05, 0.1) is 5.02 Å². The third kappa shape index (κ3) is 3.10. The normalized spacial score (nSPS) is 22.0. The van der Waals surface area contributed by atoms with Gasteiger partial charge in [0.25, 0.3) is 0 Å². The van der Waals surface area contributed by atoms with Crippen LogP contribution in [0.3, 0.4) is 0 Å². The van der Waals surface area contributed by atoms with Crippen molar-refractivity contribution in [3.63, 3.8) is 0 Å². The van der Waals surface area contributed by atoms with Gasteiger partial charge >= 0.3 is 0 Å². The molecule has 1 aliphatic carbocycles. The van der Waals surface area contributed by atoms with Gasteiger partial charge in [0.2, 0.25) is 0 Å². The van der Waals surface area contributed by atoms with Crippen LogP contribution in [0.4, 0.5) is 0 Å². The average Bonchev–Trinajstić information content (AvgIpc) is 3.31. The van der Waals surface area contributed by atoms with Crippen LogP contribution in [0.15, 0.2) is 22.7 Å². The van der Waals surface area contributed by atoms with Crippen molar-refractivity contribution in [1.29, 1.82) is 0 Å². The molecule has 2 aromatic rings. The Morgan fingerprint density at radius 2 is 2.21 bits per heavy atom. The summed E-state index contributed by atoms with van der Waals surface area (Å²) < 4.78 is 5.80. The van der Waals surface area contributed by atoms with E-state index in [1.807, 2.05) is 12.1 Å². The molecule has 0 unspecified atom stereocenters. The highest BCUT2D eigenvalue weighted by Gasteiger charge is 2.34. The number of halogens is 1. The summed E-state index contributed by atoms with van der Waals surface area (Å²) in [6.07, 6.45) is 2.42. The van der Waals surface area contributed by atoms with E-state index in [-0.39, 0.29) is 0 Å². The smallest absolute Gasteiger partial charge is 0.144 e. The maximum atomic E-state index is 6.50. The molecule has 1 N–H and O–H groups in total. The molecule has 1 aliphatic heterocycles. The molecule has 24 heavy (non-hydrogen) atoms. The molecule has 2 aliphatic rings. The fourth-order valence-corrected chi connectivity index (χ4v) is 3.96. The topological polar surface area (TPSA) is 41.3 Å². The molecule has 0 bridgehead atoms. The maximum Gasteiger partial charge on any atom is 0.144 e. The quantitative estimate of drug-likeness (QED) is 0.910. The molecule has 0 spiro atoms. The van der Waals surface area contributed by atoms with Crippen LogP contribution < -0.4 is 5.32 Å². The number of piperazine rings is 1. The first-order valence-electron chi connectivity index (χ1n) is 8.83. The van der Waals surface area contributed by atoms with Crippen molar-refractivity contribution in [3.05, 3.63) is 40.1 Å². The van der Waals surface area contributed by atoms with Gasteiger partial charge in [-0.15, -0.1) is 0 Å². The molecule has 128 valence electrons. The lowest BCUT2D eigenvalue weighted by Crippen LogP contribution is -2.48. The van der Waals surface area contributed by atoms with E-state index in [0.717, 1.165) is 53.8 Å². The van der Waals surface area contributed by atoms with Gasteiger partial charge < -0.3 is 9.84 Å². The van der Waals surface area contributed by atoms with Gasteiger partial charge in [-0.3, -0.25) is 4.90 Å². The van der Waals surface area contributed by atoms with E-state index in [4.69, 9.17) is 16.1 Å². The molecule has 4 nitrogen and oxygen atoms in total. The number of aryl methyl sites for hydroxylation is 1. The van der Waals surface area contributed by atoms with E-state index in [1.165, 1.54) is 18.4 Å². The van der Waals surface area contributed by atoms with Crippen LogP contribution in [0, 0.1) is 6.92 Å². The Morgan fingerprint density at radius 1 is 1.38 bits per heavy atom. The molecular weight excluding hydrogens is 322 g/mol. The largest absolute Gasteiger partial charge is 0.360 e. The molecule has 0 amide bonds. The van der Waals surface area contributed by atoms with Crippen LogP contribution in [0.5, 0.6) is 0 Å². The zero-order chi connectivity index (χ0) is 16.7. The minimum atomic E-state index is 0.522. The predicted molar refractivity (Wildman–Crippen MR) is 96.4 cm³/mol. The van der Waals surface area contributed by atoms with E-state index < -0.39 is 0 Å². The number of aromatic nitrogens is 1.